The molecule has 0 spiro atoms. The number of hydrogen-bond donors (Lipinski definition) is 1. The molecule has 4 aromatic rings. The molecule has 0 atom stereocenters. The summed E-state index contributed by atoms with van der Waals surface area (Å²) in [7, 11) is 3.53. The van der Waals surface area contributed by atoms with Crippen LogP contribution in [0.2, 0.25) is 0 Å². The summed E-state index contributed by atoms with van der Waals surface area (Å²) in [4.78, 5) is 21.6. The van der Waals surface area contributed by atoms with Crippen LogP contribution in [0.1, 0.15) is 0 Å². The summed E-state index contributed by atoms with van der Waals surface area (Å²) in [6, 6.07) is 9.39. The minimum absolute atomic E-state index is 0.484. The Morgan fingerprint density at radius 3 is 2.84 bits per heavy atom. The van der Waals surface area contributed by atoms with Crippen LogP contribution < -0.4 is 10.1 Å². The standard InChI is InChI=1S/C17H15N7O/c1-24-15(13-6-7-18-10-20-13)22-14-9-19-17(23-16(14)24)21-11-4-3-5-12(8-11)25-2/h3-10H,1-2H3,(H,19,21,23). The molecule has 0 fully saturated rings. The molecular weight excluding hydrogens is 318 g/mol. The average molecular weight is 333 g/mol. The zero-order chi connectivity index (χ0) is 17.2. The SMILES string of the molecule is COc1cccc(Nc2ncc3nc(-c4ccncn4)n(C)c3n2)c1. The lowest BCUT2D eigenvalue weighted by molar-refractivity contribution is 0.415. The van der Waals surface area contributed by atoms with Crippen molar-refractivity contribution >= 4 is 22.8 Å². The molecule has 0 radical (unpaired) electrons. The van der Waals surface area contributed by atoms with Crippen LogP contribution >= 0.6 is 0 Å². The number of anilines is 2. The molecular formula is C17H15N7O. The quantitative estimate of drug-likeness (QED) is 0.614. The number of aromatic nitrogens is 6. The number of aryl methyl sites for hydroxylation is 1. The van der Waals surface area contributed by atoms with Gasteiger partial charge in [-0.1, -0.05) is 6.07 Å². The van der Waals surface area contributed by atoms with E-state index in [1.165, 1.54) is 6.33 Å². The van der Waals surface area contributed by atoms with Crippen molar-refractivity contribution in [2.24, 2.45) is 7.05 Å². The van der Waals surface area contributed by atoms with Crippen LogP contribution in [0.15, 0.2) is 49.1 Å². The van der Waals surface area contributed by atoms with Gasteiger partial charge in [0.25, 0.3) is 0 Å². The maximum absolute atomic E-state index is 5.23. The van der Waals surface area contributed by atoms with E-state index in [9.17, 15) is 0 Å². The molecule has 8 nitrogen and oxygen atoms in total. The van der Waals surface area contributed by atoms with Gasteiger partial charge >= 0.3 is 0 Å². The molecule has 1 N–H and O–H groups in total. The van der Waals surface area contributed by atoms with Crippen LogP contribution in [-0.4, -0.2) is 36.6 Å². The molecule has 0 saturated heterocycles. The van der Waals surface area contributed by atoms with Gasteiger partial charge in [-0.3, -0.25) is 0 Å². The summed E-state index contributed by atoms with van der Waals surface area (Å²) in [5, 5.41) is 3.18. The first-order valence-electron chi connectivity index (χ1n) is 7.61. The predicted octanol–water partition coefficient (Wildman–Crippen LogP) is 2.57. The van der Waals surface area contributed by atoms with E-state index in [4.69, 9.17) is 4.74 Å². The fraction of sp³-hybridized carbons (Fsp3) is 0.118. The van der Waals surface area contributed by atoms with E-state index < -0.39 is 0 Å². The minimum atomic E-state index is 0.484. The van der Waals surface area contributed by atoms with E-state index in [1.54, 1.807) is 19.5 Å². The highest BCUT2D eigenvalue weighted by molar-refractivity contribution is 5.77. The molecule has 25 heavy (non-hydrogen) atoms. The van der Waals surface area contributed by atoms with Crippen molar-refractivity contribution < 1.29 is 4.74 Å². The topological polar surface area (TPSA) is 90.6 Å². The van der Waals surface area contributed by atoms with Gasteiger partial charge in [-0.25, -0.2) is 19.9 Å². The first-order chi connectivity index (χ1) is 12.2. The van der Waals surface area contributed by atoms with Gasteiger partial charge in [0.15, 0.2) is 11.5 Å². The van der Waals surface area contributed by atoms with E-state index in [0.29, 0.717) is 22.9 Å². The van der Waals surface area contributed by atoms with Crippen molar-refractivity contribution in [3.63, 3.8) is 0 Å². The lowest BCUT2D eigenvalue weighted by Crippen LogP contribution is -2.00. The summed E-state index contributed by atoms with van der Waals surface area (Å²) in [5.41, 5.74) is 3.00. The van der Waals surface area contributed by atoms with Gasteiger partial charge < -0.3 is 14.6 Å². The van der Waals surface area contributed by atoms with Gasteiger partial charge in [-0.05, 0) is 18.2 Å². The van der Waals surface area contributed by atoms with Crippen molar-refractivity contribution in [3.05, 3.63) is 49.1 Å². The molecule has 1 aromatic carbocycles. The number of methoxy groups -OCH3 is 1. The molecule has 124 valence electrons. The Labute approximate surface area is 143 Å². The maximum atomic E-state index is 5.23. The van der Waals surface area contributed by atoms with Crippen LogP contribution in [0, 0.1) is 0 Å². The normalized spacial score (nSPS) is 10.8. The number of benzene rings is 1. The molecule has 3 heterocycles. The first kappa shape index (κ1) is 15.0. The summed E-state index contributed by atoms with van der Waals surface area (Å²) in [6.07, 6.45) is 4.87. The van der Waals surface area contributed by atoms with Crippen LogP contribution in [0.5, 0.6) is 5.75 Å². The Morgan fingerprint density at radius 2 is 2.04 bits per heavy atom. The molecule has 8 heteroatoms. The Kier molecular flexibility index (Phi) is 3.70. The predicted molar refractivity (Wildman–Crippen MR) is 93.6 cm³/mol. The molecule has 0 amide bonds. The van der Waals surface area contributed by atoms with E-state index >= 15 is 0 Å². The number of rotatable bonds is 4. The second kappa shape index (κ2) is 6.16. The van der Waals surface area contributed by atoms with Crippen molar-refractivity contribution in [3.8, 4) is 17.3 Å². The summed E-state index contributed by atoms with van der Waals surface area (Å²) in [6.45, 7) is 0. The van der Waals surface area contributed by atoms with Crippen molar-refractivity contribution in [1.29, 1.82) is 0 Å². The molecule has 0 aliphatic heterocycles. The number of ether oxygens (including phenoxy) is 1. The molecule has 0 aliphatic carbocycles. The fourth-order valence-electron chi connectivity index (χ4n) is 2.52. The Morgan fingerprint density at radius 1 is 1.12 bits per heavy atom. The number of imidazole rings is 1. The largest absolute Gasteiger partial charge is 0.497 e. The lowest BCUT2D eigenvalue weighted by Gasteiger charge is -2.06. The second-order valence-electron chi connectivity index (χ2n) is 5.35. The molecule has 0 saturated carbocycles. The Balaban J connectivity index is 1.71. The lowest BCUT2D eigenvalue weighted by atomic mass is 10.3. The van der Waals surface area contributed by atoms with Crippen LogP contribution in [0.25, 0.3) is 22.7 Å². The summed E-state index contributed by atoms with van der Waals surface area (Å²) < 4.78 is 7.11. The van der Waals surface area contributed by atoms with Crippen molar-refractivity contribution in [1.82, 2.24) is 29.5 Å². The zero-order valence-electron chi connectivity index (χ0n) is 13.7. The molecule has 3 aromatic heterocycles. The highest BCUT2D eigenvalue weighted by Crippen LogP contribution is 2.23. The monoisotopic (exact) mass is 333 g/mol. The number of fused-ring (bicyclic) bond motifs is 1. The molecule has 0 aliphatic rings. The van der Waals surface area contributed by atoms with E-state index in [1.807, 2.05) is 41.9 Å². The third-order valence-electron chi connectivity index (χ3n) is 3.75. The van der Waals surface area contributed by atoms with Gasteiger partial charge in [-0.2, -0.15) is 4.98 Å². The van der Waals surface area contributed by atoms with Gasteiger partial charge in [0, 0.05) is 25.0 Å². The Hall–Kier alpha value is -3.55. The average Bonchev–Trinajstić information content (AvgIpc) is 2.99. The Bertz CT molecular complexity index is 1030. The van der Waals surface area contributed by atoms with Gasteiger partial charge in [0.2, 0.25) is 5.95 Å². The number of nitrogens with one attached hydrogen (secondary N) is 1. The summed E-state index contributed by atoms with van der Waals surface area (Å²) in [5.74, 6) is 1.96. The summed E-state index contributed by atoms with van der Waals surface area (Å²) >= 11 is 0. The zero-order valence-corrected chi connectivity index (χ0v) is 13.7. The molecule has 0 bridgehead atoms. The molecule has 0 unspecified atom stereocenters. The second-order valence-corrected chi connectivity index (χ2v) is 5.35. The highest BCUT2D eigenvalue weighted by atomic mass is 16.5. The fourth-order valence-corrected chi connectivity index (χ4v) is 2.52. The number of hydrogen-bond acceptors (Lipinski definition) is 7. The maximum Gasteiger partial charge on any atom is 0.229 e. The van der Waals surface area contributed by atoms with Crippen LogP contribution in [0.3, 0.4) is 0 Å². The van der Waals surface area contributed by atoms with Gasteiger partial charge in [-0.15, -0.1) is 0 Å². The smallest absolute Gasteiger partial charge is 0.229 e. The minimum Gasteiger partial charge on any atom is -0.497 e. The third kappa shape index (κ3) is 2.85. The van der Waals surface area contributed by atoms with Crippen molar-refractivity contribution in [2.45, 2.75) is 0 Å². The van der Waals surface area contributed by atoms with Gasteiger partial charge in [0.05, 0.1) is 13.3 Å². The number of nitrogens with zero attached hydrogens (tertiary/aromatic N) is 6. The molecule has 4 rings (SSSR count). The van der Waals surface area contributed by atoms with E-state index in [2.05, 4.69) is 30.2 Å². The van der Waals surface area contributed by atoms with Crippen LogP contribution in [0.4, 0.5) is 11.6 Å². The van der Waals surface area contributed by atoms with E-state index in [0.717, 1.165) is 17.1 Å². The van der Waals surface area contributed by atoms with Gasteiger partial charge in [0.1, 0.15) is 23.3 Å². The van der Waals surface area contributed by atoms with E-state index in [-0.39, 0.29) is 0 Å². The third-order valence-corrected chi connectivity index (χ3v) is 3.75. The first-order valence-corrected chi connectivity index (χ1v) is 7.61. The van der Waals surface area contributed by atoms with Crippen molar-refractivity contribution in [2.75, 3.05) is 12.4 Å². The highest BCUT2D eigenvalue weighted by Gasteiger charge is 2.13. The van der Waals surface area contributed by atoms with Crippen LogP contribution in [-0.2, 0) is 7.05 Å².